The van der Waals surface area contributed by atoms with E-state index in [9.17, 15) is 0 Å². The van der Waals surface area contributed by atoms with Crippen LogP contribution < -0.4 is 10.6 Å². The van der Waals surface area contributed by atoms with Crippen LogP contribution in [0.5, 0.6) is 0 Å². The van der Waals surface area contributed by atoms with Crippen LogP contribution >= 0.6 is 0 Å². The monoisotopic (exact) mass is 325 g/mol. The third kappa shape index (κ3) is 6.05. The smallest absolute Gasteiger partial charge is 0.191 e. The van der Waals surface area contributed by atoms with E-state index in [-0.39, 0.29) is 0 Å². The molecule has 0 aromatic heterocycles. The zero-order valence-electron chi connectivity index (χ0n) is 14.6. The van der Waals surface area contributed by atoms with Gasteiger partial charge in [-0.3, -0.25) is 0 Å². The average molecular weight is 325 g/mol. The molecule has 0 amide bonds. The molecule has 2 aromatic rings. The van der Waals surface area contributed by atoms with Crippen LogP contribution in [0.15, 0.2) is 59.6 Å². The van der Waals surface area contributed by atoms with Gasteiger partial charge in [0.1, 0.15) is 0 Å². The van der Waals surface area contributed by atoms with Crippen LogP contribution in [0, 0.1) is 0 Å². The number of nitrogens with zero attached hydrogens (tertiary/aromatic N) is 1. The molecule has 0 unspecified atom stereocenters. The molecular weight excluding hydrogens is 298 g/mol. The van der Waals surface area contributed by atoms with Gasteiger partial charge in [0.05, 0.1) is 19.8 Å². The first-order valence-electron chi connectivity index (χ1n) is 8.54. The third-order valence-corrected chi connectivity index (χ3v) is 3.58. The topological polar surface area (TPSA) is 45.7 Å². The van der Waals surface area contributed by atoms with Gasteiger partial charge in [-0.05, 0) is 30.5 Å². The summed E-state index contributed by atoms with van der Waals surface area (Å²) in [6, 6.07) is 18.5. The van der Waals surface area contributed by atoms with E-state index < -0.39 is 0 Å². The molecule has 0 heterocycles. The van der Waals surface area contributed by atoms with Gasteiger partial charge < -0.3 is 15.4 Å². The van der Waals surface area contributed by atoms with E-state index in [1.165, 1.54) is 16.7 Å². The molecule has 0 saturated carbocycles. The van der Waals surface area contributed by atoms with Crippen molar-refractivity contribution in [2.75, 3.05) is 13.1 Å². The fourth-order valence-corrected chi connectivity index (χ4v) is 2.38. The molecule has 0 aliphatic heterocycles. The quantitative estimate of drug-likeness (QED) is 0.577. The van der Waals surface area contributed by atoms with Gasteiger partial charge in [0, 0.05) is 13.1 Å². The lowest BCUT2D eigenvalue weighted by Crippen LogP contribution is -2.37. The zero-order chi connectivity index (χ0) is 17.0. The number of ether oxygens (including phenoxy) is 1. The van der Waals surface area contributed by atoms with Crippen molar-refractivity contribution in [2.45, 2.75) is 33.6 Å². The van der Waals surface area contributed by atoms with Gasteiger partial charge in [-0.15, -0.1) is 0 Å². The predicted molar refractivity (Wildman–Crippen MR) is 99.9 cm³/mol. The SMILES string of the molecule is CCNC(=NCc1ccccc1COCc1ccccc1)NCC. The number of rotatable bonds is 8. The molecule has 2 aromatic carbocycles. The van der Waals surface area contributed by atoms with E-state index in [0.717, 1.165) is 19.0 Å². The molecule has 0 aliphatic rings. The van der Waals surface area contributed by atoms with Crippen LogP contribution in [0.4, 0.5) is 0 Å². The van der Waals surface area contributed by atoms with Crippen molar-refractivity contribution in [3.05, 3.63) is 71.3 Å². The minimum atomic E-state index is 0.596. The summed E-state index contributed by atoms with van der Waals surface area (Å²) >= 11 is 0. The maximum atomic E-state index is 5.87. The molecule has 24 heavy (non-hydrogen) atoms. The van der Waals surface area contributed by atoms with Crippen LogP contribution in [0.3, 0.4) is 0 Å². The van der Waals surface area contributed by atoms with Crippen LogP contribution in [0.1, 0.15) is 30.5 Å². The van der Waals surface area contributed by atoms with Crippen LogP contribution in [-0.4, -0.2) is 19.0 Å². The zero-order valence-corrected chi connectivity index (χ0v) is 14.6. The molecule has 4 heteroatoms. The Morgan fingerprint density at radius 2 is 1.46 bits per heavy atom. The van der Waals surface area contributed by atoms with E-state index in [4.69, 9.17) is 4.74 Å². The van der Waals surface area contributed by atoms with Crippen molar-refractivity contribution in [1.29, 1.82) is 0 Å². The second-order valence-electron chi connectivity index (χ2n) is 5.47. The first-order chi connectivity index (χ1) is 11.8. The van der Waals surface area contributed by atoms with Crippen molar-refractivity contribution in [2.24, 2.45) is 4.99 Å². The van der Waals surface area contributed by atoms with E-state index in [2.05, 4.69) is 53.7 Å². The normalized spacial score (nSPS) is 10.2. The summed E-state index contributed by atoms with van der Waals surface area (Å²) in [6.45, 7) is 7.70. The Morgan fingerprint density at radius 3 is 2.12 bits per heavy atom. The number of hydrogen-bond donors (Lipinski definition) is 2. The highest BCUT2D eigenvalue weighted by Crippen LogP contribution is 2.13. The lowest BCUT2D eigenvalue weighted by Gasteiger charge is -2.11. The van der Waals surface area contributed by atoms with Gasteiger partial charge in [0.15, 0.2) is 5.96 Å². The molecule has 128 valence electrons. The summed E-state index contributed by atoms with van der Waals surface area (Å²) in [4.78, 5) is 4.64. The summed E-state index contributed by atoms with van der Waals surface area (Å²) < 4.78 is 5.87. The molecule has 0 bridgehead atoms. The van der Waals surface area contributed by atoms with Crippen LogP contribution in [-0.2, 0) is 24.5 Å². The summed E-state index contributed by atoms with van der Waals surface area (Å²) in [5.74, 6) is 0.847. The van der Waals surface area contributed by atoms with Gasteiger partial charge in [-0.1, -0.05) is 54.6 Å². The largest absolute Gasteiger partial charge is 0.372 e. The Morgan fingerprint density at radius 1 is 0.833 bits per heavy atom. The Bertz CT molecular complexity index is 618. The molecule has 2 rings (SSSR count). The van der Waals surface area contributed by atoms with Gasteiger partial charge in [0.25, 0.3) is 0 Å². The summed E-state index contributed by atoms with van der Waals surface area (Å²) in [5, 5.41) is 6.49. The van der Waals surface area contributed by atoms with E-state index in [1.807, 2.05) is 30.3 Å². The second kappa shape index (κ2) is 10.4. The minimum Gasteiger partial charge on any atom is -0.372 e. The molecule has 4 nitrogen and oxygen atoms in total. The van der Waals surface area contributed by atoms with Gasteiger partial charge in [-0.25, -0.2) is 4.99 Å². The van der Waals surface area contributed by atoms with Gasteiger partial charge in [0.2, 0.25) is 0 Å². The molecule has 0 atom stereocenters. The first kappa shape index (κ1) is 18.0. The van der Waals surface area contributed by atoms with Gasteiger partial charge >= 0.3 is 0 Å². The summed E-state index contributed by atoms with van der Waals surface area (Å²) in [6.07, 6.45) is 0. The highest BCUT2D eigenvalue weighted by atomic mass is 16.5. The number of guanidine groups is 1. The van der Waals surface area contributed by atoms with Crippen molar-refractivity contribution >= 4 is 5.96 Å². The minimum absolute atomic E-state index is 0.596. The lowest BCUT2D eigenvalue weighted by molar-refractivity contribution is 0.106. The Balaban J connectivity index is 1.95. The Kier molecular flexibility index (Phi) is 7.84. The molecular formula is C20H27N3O. The Labute approximate surface area is 145 Å². The molecule has 0 aliphatic carbocycles. The van der Waals surface area contributed by atoms with Crippen LogP contribution in [0.25, 0.3) is 0 Å². The lowest BCUT2D eigenvalue weighted by atomic mass is 10.1. The highest BCUT2D eigenvalue weighted by molar-refractivity contribution is 5.79. The van der Waals surface area contributed by atoms with Gasteiger partial charge in [-0.2, -0.15) is 0 Å². The van der Waals surface area contributed by atoms with E-state index in [1.54, 1.807) is 0 Å². The number of benzene rings is 2. The number of aliphatic imine (C=N–C) groups is 1. The first-order valence-corrected chi connectivity index (χ1v) is 8.54. The molecule has 2 N–H and O–H groups in total. The number of hydrogen-bond acceptors (Lipinski definition) is 2. The highest BCUT2D eigenvalue weighted by Gasteiger charge is 2.03. The summed E-state index contributed by atoms with van der Waals surface area (Å²) in [5.41, 5.74) is 3.57. The molecule has 0 saturated heterocycles. The number of nitrogens with one attached hydrogen (secondary N) is 2. The van der Waals surface area contributed by atoms with Crippen molar-refractivity contribution in [3.63, 3.8) is 0 Å². The standard InChI is InChI=1S/C20H27N3O/c1-3-21-20(22-4-2)23-14-18-12-8-9-13-19(18)16-24-15-17-10-6-5-7-11-17/h5-13H,3-4,14-16H2,1-2H3,(H2,21,22,23). The average Bonchev–Trinajstić information content (AvgIpc) is 2.62. The van der Waals surface area contributed by atoms with Crippen molar-refractivity contribution in [1.82, 2.24) is 10.6 Å². The third-order valence-electron chi connectivity index (χ3n) is 3.58. The molecule has 0 spiro atoms. The van der Waals surface area contributed by atoms with Crippen molar-refractivity contribution < 1.29 is 4.74 Å². The summed E-state index contributed by atoms with van der Waals surface area (Å²) in [7, 11) is 0. The fraction of sp³-hybridized carbons (Fsp3) is 0.350. The fourth-order valence-electron chi connectivity index (χ4n) is 2.38. The molecule has 0 radical (unpaired) electrons. The Hall–Kier alpha value is -2.33. The van der Waals surface area contributed by atoms with E-state index >= 15 is 0 Å². The molecule has 0 fully saturated rings. The van der Waals surface area contributed by atoms with Crippen LogP contribution in [0.2, 0.25) is 0 Å². The maximum absolute atomic E-state index is 5.87. The predicted octanol–water partition coefficient (Wildman–Crippen LogP) is 3.48. The van der Waals surface area contributed by atoms with E-state index in [0.29, 0.717) is 19.8 Å². The second-order valence-corrected chi connectivity index (χ2v) is 5.47. The van der Waals surface area contributed by atoms with Crippen molar-refractivity contribution in [3.8, 4) is 0 Å². The maximum Gasteiger partial charge on any atom is 0.191 e.